The molecule has 0 amide bonds. The van der Waals surface area contributed by atoms with Gasteiger partial charge in [0.25, 0.3) is 0 Å². The molecule has 3 rings (SSSR count). The van der Waals surface area contributed by atoms with Crippen molar-refractivity contribution in [2.45, 2.75) is 19.4 Å². The Labute approximate surface area is 144 Å². The van der Waals surface area contributed by atoms with Gasteiger partial charge in [-0.2, -0.15) is 9.97 Å². The first kappa shape index (κ1) is 16.9. The van der Waals surface area contributed by atoms with Gasteiger partial charge in [0, 0.05) is 25.7 Å². The van der Waals surface area contributed by atoms with Crippen LogP contribution < -0.4 is 14.4 Å². The van der Waals surface area contributed by atoms with Crippen LogP contribution in [0.3, 0.4) is 0 Å². The molecule has 0 bridgehead atoms. The minimum atomic E-state index is -1.07. The van der Waals surface area contributed by atoms with Gasteiger partial charge in [0.1, 0.15) is 5.82 Å². The number of hydrogen-bond acceptors (Lipinski definition) is 8. The van der Waals surface area contributed by atoms with Crippen LogP contribution >= 0.6 is 0 Å². The lowest BCUT2D eigenvalue weighted by molar-refractivity contribution is 0.0690. The average molecular weight is 348 g/mol. The molecule has 1 aliphatic heterocycles. The summed E-state index contributed by atoms with van der Waals surface area (Å²) in [6.07, 6.45) is 3.48. The van der Waals surface area contributed by atoms with Crippen LogP contribution in [0.1, 0.15) is 23.3 Å². The lowest BCUT2D eigenvalue weighted by atomic mass is 9.98. The molecule has 0 spiro atoms. The zero-order valence-corrected chi connectivity index (χ0v) is 14.1. The number of ether oxygens (including phenoxy) is 2. The predicted molar refractivity (Wildman–Crippen MR) is 87.1 cm³/mol. The number of rotatable bonds is 6. The summed E-state index contributed by atoms with van der Waals surface area (Å²) in [5.41, 5.74) is -0.0436. The fourth-order valence-electron chi connectivity index (χ4n) is 2.92. The summed E-state index contributed by atoms with van der Waals surface area (Å²) in [5.74, 6) is 0.435. The van der Waals surface area contributed by atoms with Crippen molar-refractivity contribution in [1.29, 1.82) is 0 Å². The molecular formula is C15H20N6O4. The van der Waals surface area contributed by atoms with Gasteiger partial charge in [-0.1, -0.05) is 5.21 Å². The minimum Gasteiger partial charge on any atom is -0.481 e. The second-order valence-electron chi connectivity index (χ2n) is 5.84. The zero-order valence-electron chi connectivity index (χ0n) is 14.1. The van der Waals surface area contributed by atoms with E-state index in [1.165, 1.54) is 13.3 Å². The van der Waals surface area contributed by atoms with Crippen molar-refractivity contribution in [3.63, 3.8) is 0 Å². The number of hydrogen-bond donors (Lipinski definition) is 1. The van der Waals surface area contributed by atoms with Gasteiger partial charge < -0.3 is 19.5 Å². The molecule has 134 valence electrons. The molecule has 2 aromatic rings. The number of anilines is 1. The summed E-state index contributed by atoms with van der Waals surface area (Å²) in [4.78, 5) is 21.6. The smallest absolute Gasteiger partial charge is 0.358 e. The Morgan fingerprint density at radius 3 is 2.88 bits per heavy atom. The van der Waals surface area contributed by atoms with E-state index >= 15 is 0 Å². The van der Waals surface area contributed by atoms with E-state index in [0.29, 0.717) is 18.3 Å². The first-order chi connectivity index (χ1) is 12.1. The Kier molecular flexibility index (Phi) is 4.96. The predicted octanol–water partition coefficient (Wildman–Crippen LogP) is 0.700. The summed E-state index contributed by atoms with van der Waals surface area (Å²) in [6.45, 7) is 2.25. The topological polar surface area (TPSA) is 115 Å². The molecule has 10 heteroatoms. The third kappa shape index (κ3) is 3.95. The van der Waals surface area contributed by atoms with E-state index in [9.17, 15) is 4.79 Å². The molecule has 0 aliphatic carbocycles. The summed E-state index contributed by atoms with van der Waals surface area (Å²) in [5, 5.41) is 16.5. The number of aromatic nitrogens is 5. The van der Waals surface area contributed by atoms with Crippen molar-refractivity contribution < 1.29 is 19.4 Å². The molecule has 0 unspecified atom stereocenters. The van der Waals surface area contributed by atoms with Crippen LogP contribution in [0.4, 0.5) is 5.82 Å². The molecule has 0 radical (unpaired) electrons. The highest BCUT2D eigenvalue weighted by Gasteiger charge is 2.23. The van der Waals surface area contributed by atoms with Crippen LogP contribution in [-0.2, 0) is 6.54 Å². The third-order valence-corrected chi connectivity index (χ3v) is 4.11. The molecule has 0 saturated carbocycles. The van der Waals surface area contributed by atoms with Gasteiger partial charge >= 0.3 is 12.0 Å². The molecule has 1 fully saturated rings. The second-order valence-corrected chi connectivity index (χ2v) is 5.84. The molecule has 1 atom stereocenters. The van der Waals surface area contributed by atoms with Crippen molar-refractivity contribution >= 4 is 11.8 Å². The van der Waals surface area contributed by atoms with E-state index in [1.54, 1.807) is 17.9 Å². The number of carboxylic acid groups (broad SMARTS) is 1. The summed E-state index contributed by atoms with van der Waals surface area (Å²) < 4.78 is 11.9. The van der Waals surface area contributed by atoms with Gasteiger partial charge in [0.15, 0.2) is 5.69 Å². The highest BCUT2D eigenvalue weighted by molar-refractivity contribution is 5.84. The molecule has 10 nitrogen and oxygen atoms in total. The Bertz CT molecular complexity index is 727. The first-order valence-electron chi connectivity index (χ1n) is 7.94. The monoisotopic (exact) mass is 348 g/mol. The maximum Gasteiger partial charge on any atom is 0.358 e. The highest BCUT2D eigenvalue weighted by Crippen LogP contribution is 2.26. The Hall–Kier alpha value is -2.91. The van der Waals surface area contributed by atoms with Gasteiger partial charge in [-0.3, -0.25) is 4.68 Å². The molecule has 1 N–H and O–H groups in total. The number of carbonyl (C=O) groups is 1. The molecule has 2 aromatic heterocycles. The third-order valence-electron chi connectivity index (χ3n) is 4.11. The van der Waals surface area contributed by atoms with Crippen LogP contribution in [0.2, 0.25) is 0 Å². The van der Waals surface area contributed by atoms with E-state index in [1.807, 2.05) is 0 Å². The van der Waals surface area contributed by atoms with Crippen LogP contribution in [-0.4, -0.2) is 63.3 Å². The average Bonchev–Trinajstić information content (AvgIpc) is 3.10. The van der Waals surface area contributed by atoms with Crippen LogP contribution in [0.5, 0.6) is 11.9 Å². The van der Waals surface area contributed by atoms with E-state index in [4.69, 9.17) is 14.6 Å². The van der Waals surface area contributed by atoms with Crippen molar-refractivity contribution in [1.82, 2.24) is 25.0 Å². The van der Waals surface area contributed by atoms with Gasteiger partial charge in [-0.15, -0.1) is 5.10 Å². The number of nitrogens with zero attached hydrogens (tertiary/aromatic N) is 6. The van der Waals surface area contributed by atoms with Crippen molar-refractivity contribution in [2.24, 2.45) is 5.92 Å². The van der Waals surface area contributed by atoms with Crippen molar-refractivity contribution in [2.75, 3.05) is 32.2 Å². The fraction of sp³-hybridized carbons (Fsp3) is 0.533. The number of piperidine rings is 1. The van der Waals surface area contributed by atoms with Gasteiger partial charge in [0.05, 0.1) is 20.4 Å². The molecular weight excluding hydrogens is 328 g/mol. The molecule has 25 heavy (non-hydrogen) atoms. The molecule has 3 heterocycles. The minimum absolute atomic E-state index is 0.0436. The second kappa shape index (κ2) is 7.32. The Morgan fingerprint density at radius 1 is 1.36 bits per heavy atom. The quantitative estimate of drug-likeness (QED) is 0.805. The zero-order chi connectivity index (χ0) is 17.8. The van der Waals surface area contributed by atoms with Crippen LogP contribution in [0.25, 0.3) is 0 Å². The van der Waals surface area contributed by atoms with E-state index in [-0.39, 0.29) is 11.7 Å². The molecule has 1 aliphatic rings. The summed E-state index contributed by atoms with van der Waals surface area (Å²) in [6, 6.07) is 2.04. The summed E-state index contributed by atoms with van der Waals surface area (Å²) >= 11 is 0. The maximum atomic E-state index is 10.9. The molecule has 1 saturated heterocycles. The highest BCUT2D eigenvalue weighted by atomic mass is 16.5. The number of aromatic carboxylic acids is 1. The van der Waals surface area contributed by atoms with Crippen molar-refractivity contribution in [3.8, 4) is 11.9 Å². The lowest BCUT2D eigenvalue weighted by Gasteiger charge is -2.33. The number of carboxylic acids is 1. The fourth-order valence-corrected chi connectivity index (χ4v) is 2.92. The Morgan fingerprint density at radius 2 is 2.20 bits per heavy atom. The van der Waals surface area contributed by atoms with E-state index < -0.39 is 5.97 Å². The van der Waals surface area contributed by atoms with Gasteiger partial charge in [-0.05, 0) is 18.8 Å². The lowest BCUT2D eigenvalue weighted by Crippen LogP contribution is -2.37. The van der Waals surface area contributed by atoms with E-state index in [0.717, 1.165) is 31.7 Å². The Balaban J connectivity index is 1.71. The largest absolute Gasteiger partial charge is 0.481 e. The summed E-state index contributed by atoms with van der Waals surface area (Å²) in [7, 11) is 3.07. The van der Waals surface area contributed by atoms with Gasteiger partial charge in [0.2, 0.25) is 5.88 Å². The van der Waals surface area contributed by atoms with Crippen molar-refractivity contribution in [3.05, 3.63) is 18.0 Å². The molecule has 0 aromatic carbocycles. The standard InChI is InChI=1S/C15H20N6O4/c1-24-13-6-12(16-15(17-13)25-2)20-5-3-4-10(7-20)8-21-9-11(14(22)23)18-19-21/h6,9-10H,3-5,7-8H2,1-2H3,(H,22,23)/t10-/m0/s1. The van der Waals surface area contributed by atoms with Crippen LogP contribution in [0, 0.1) is 5.92 Å². The normalized spacial score (nSPS) is 17.4. The van der Waals surface area contributed by atoms with Gasteiger partial charge in [-0.25, -0.2) is 4.79 Å². The van der Waals surface area contributed by atoms with Crippen LogP contribution in [0.15, 0.2) is 12.3 Å². The number of methoxy groups -OCH3 is 2. The first-order valence-corrected chi connectivity index (χ1v) is 7.94. The van der Waals surface area contributed by atoms with E-state index in [2.05, 4.69) is 25.2 Å². The SMILES string of the molecule is COc1cc(N2CCC[C@H](Cn3cc(C(=O)O)nn3)C2)nc(OC)n1. The maximum absolute atomic E-state index is 10.9.